The lowest BCUT2D eigenvalue weighted by Crippen LogP contribution is -2.48. The number of hydrogen-bond donors (Lipinski definition) is 1. The number of rotatable bonds is 5. The number of hydrogen-bond acceptors (Lipinski definition) is 2. The van der Waals surface area contributed by atoms with Gasteiger partial charge in [-0.15, -0.1) is 0 Å². The molecule has 25 heavy (non-hydrogen) atoms. The summed E-state index contributed by atoms with van der Waals surface area (Å²) in [4.78, 5) is 11.6. The molecule has 2 N–H and O–H groups in total. The molecule has 0 unspecified atom stereocenters. The summed E-state index contributed by atoms with van der Waals surface area (Å²) in [5.41, 5.74) is 7.74. The molecule has 134 valence electrons. The molecule has 0 atom stereocenters. The predicted molar refractivity (Wildman–Crippen MR) is 97.7 cm³/mol. The van der Waals surface area contributed by atoms with Gasteiger partial charge in [-0.1, -0.05) is 6.42 Å². The van der Waals surface area contributed by atoms with Crippen LogP contribution in [0.1, 0.15) is 79.6 Å². The SMILES string of the molecule is NC(=O)c1ccc(OCC23CC4CC(CC(C4)C2)C3)c(C2CCC2)c1. The highest BCUT2D eigenvalue weighted by molar-refractivity contribution is 5.93. The third kappa shape index (κ3) is 2.76. The van der Waals surface area contributed by atoms with Crippen molar-refractivity contribution in [1.82, 2.24) is 0 Å². The predicted octanol–water partition coefficient (Wildman–Crippen LogP) is 4.65. The van der Waals surface area contributed by atoms with Gasteiger partial charge in [-0.3, -0.25) is 4.79 Å². The van der Waals surface area contributed by atoms with Crippen LogP contribution in [0.25, 0.3) is 0 Å². The van der Waals surface area contributed by atoms with E-state index in [4.69, 9.17) is 10.5 Å². The number of carbonyl (C=O) groups is 1. The van der Waals surface area contributed by atoms with Gasteiger partial charge in [0.15, 0.2) is 0 Å². The molecule has 5 fully saturated rings. The lowest BCUT2D eigenvalue weighted by Gasteiger charge is -2.56. The molecule has 0 heterocycles. The Hall–Kier alpha value is -1.51. The number of primary amides is 1. The normalized spacial score (nSPS) is 36.2. The molecule has 0 spiro atoms. The van der Waals surface area contributed by atoms with E-state index in [-0.39, 0.29) is 5.91 Å². The molecule has 1 amide bonds. The summed E-state index contributed by atoms with van der Waals surface area (Å²) in [6.07, 6.45) is 12.2. The van der Waals surface area contributed by atoms with Gasteiger partial charge in [0.05, 0.1) is 6.61 Å². The van der Waals surface area contributed by atoms with E-state index in [2.05, 4.69) is 0 Å². The van der Waals surface area contributed by atoms with Crippen LogP contribution in [0, 0.1) is 23.2 Å². The van der Waals surface area contributed by atoms with Crippen LogP contribution < -0.4 is 10.5 Å². The van der Waals surface area contributed by atoms with Gasteiger partial charge in [0, 0.05) is 11.0 Å². The summed E-state index contributed by atoms with van der Waals surface area (Å²) in [5.74, 6) is 4.08. The Bertz CT molecular complexity index is 656. The van der Waals surface area contributed by atoms with Crippen LogP contribution in [-0.4, -0.2) is 12.5 Å². The second-order valence-electron chi connectivity index (χ2n) is 9.45. The first kappa shape index (κ1) is 15.7. The minimum Gasteiger partial charge on any atom is -0.493 e. The van der Waals surface area contributed by atoms with Crippen molar-refractivity contribution in [3.63, 3.8) is 0 Å². The minimum absolute atomic E-state index is 0.340. The maximum absolute atomic E-state index is 11.6. The fourth-order valence-corrected chi connectivity index (χ4v) is 6.57. The second kappa shape index (κ2) is 5.75. The molecule has 1 aromatic rings. The number of amides is 1. The van der Waals surface area contributed by atoms with E-state index >= 15 is 0 Å². The summed E-state index contributed by atoms with van der Waals surface area (Å²) in [7, 11) is 0. The topological polar surface area (TPSA) is 52.3 Å². The Kier molecular flexibility index (Phi) is 3.62. The van der Waals surface area contributed by atoms with Crippen LogP contribution in [0.3, 0.4) is 0 Å². The Morgan fingerprint density at radius 3 is 2.24 bits per heavy atom. The smallest absolute Gasteiger partial charge is 0.248 e. The molecule has 5 aliphatic carbocycles. The molecular weight excluding hydrogens is 310 g/mol. The van der Waals surface area contributed by atoms with Crippen molar-refractivity contribution in [2.24, 2.45) is 28.9 Å². The molecule has 0 saturated heterocycles. The van der Waals surface area contributed by atoms with Gasteiger partial charge in [-0.25, -0.2) is 0 Å². The lowest BCUT2D eigenvalue weighted by atomic mass is 9.50. The number of ether oxygens (including phenoxy) is 1. The highest BCUT2D eigenvalue weighted by Crippen LogP contribution is 2.60. The highest BCUT2D eigenvalue weighted by Gasteiger charge is 2.51. The molecule has 0 aliphatic heterocycles. The molecular formula is C22H29NO2. The molecule has 6 rings (SSSR count). The van der Waals surface area contributed by atoms with Crippen LogP contribution >= 0.6 is 0 Å². The first-order valence-corrected chi connectivity index (χ1v) is 10.2. The van der Waals surface area contributed by atoms with Crippen LogP contribution in [-0.2, 0) is 0 Å². The van der Waals surface area contributed by atoms with Gasteiger partial charge in [0.2, 0.25) is 5.91 Å². The van der Waals surface area contributed by atoms with Crippen molar-refractivity contribution < 1.29 is 9.53 Å². The largest absolute Gasteiger partial charge is 0.493 e. The van der Waals surface area contributed by atoms with Crippen molar-refractivity contribution in [1.29, 1.82) is 0 Å². The Balaban J connectivity index is 1.36. The molecule has 3 nitrogen and oxygen atoms in total. The van der Waals surface area contributed by atoms with Crippen LogP contribution in [0.4, 0.5) is 0 Å². The molecule has 0 aromatic heterocycles. The van der Waals surface area contributed by atoms with Crippen molar-refractivity contribution in [2.45, 2.75) is 63.7 Å². The lowest BCUT2D eigenvalue weighted by molar-refractivity contribution is -0.0747. The van der Waals surface area contributed by atoms with E-state index in [1.165, 1.54) is 63.4 Å². The third-order valence-electron chi connectivity index (χ3n) is 7.54. The Morgan fingerprint density at radius 1 is 1.08 bits per heavy atom. The minimum atomic E-state index is -0.340. The average Bonchev–Trinajstić information content (AvgIpc) is 2.50. The molecule has 3 heteroatoms. The molecule has 5 saturated carbocycles. The fraction of sp³-hybridized carbons (Fsp3) is 0.682. The van der Waals surface area contributed by atoms with Crippen LogP contribution in [0.5, 0.6) is 5.75 Å². The van der Waals surface area contributed by atoms with Crippen molar-refractivity contribution in [2.75, 3.05) is 6.61 Å². The first-order valence-electron chi connectivity index (χ1n) is 10.2. The first-order chi connectivity index (χ1) is 12.1. The van der Waals surface area contributed by atoms with Gasteiger partial charge in [0.25, 0.3) is 0 Å². The van der Waals surface area contributed by atoms with E-state index in [0.29, 0.717) is 16.9 Å². The standard InChI is InChI=1S/C22H29NO2/c23-21(24)18-4-5-20(19(9-18)17-2-1-3-17)25-13-22-10-14-6-15(11-22)8-16(7-14)12-22/h4-5,9,14-17H,1-3,6-8,10-13H2,(H2,23,24). The monoisotopic (exact) mass is 339 g/mol. The number of benzene rings is 1. The van der Waals surface area contributed by atoms with Gasteiger partial charge in [-0.05, 0) is 98.8 Å². The van der Waals surface area contributed by atoms with Crippen molar-refractivity contribution in [3.05, 3.63) is 29.3 Å². The van der Waals surface area contributed by atoms with Gasteiger partial charge >= 0.3 is 0 Å². The summed E-state index contributed by atoms with van der Waals surface area (Å²) in [6.45, 7) is 0.867. The Labute approximate surface area is 150 Å². The van der Waals surface area contributed by atoms with E-state index in [1.807, 2.05) is 18.2 Å². The maximum Gasteiger partial charge on any atom is 0.248 e. The van der Waals surface area contributed by atoms with E-state index in [0.717, 1.165) is 30.1 Å². The second-order valence-corrected chi connectivity index (χ2v) is 9.45. The zero-order chi connectivity index (χ0) is 17.0. The Morgan fingerprint density at radius 2 is 1.72 bits per heavy atom. The zero-order valence-corrected chi connectivity index (χ0v) is 15.0. The summed E-state index contributed by atoms with van der Waals surface area (Å²) >= 11 is 0. The molecule has 4 bridgehead atoms. The molecule has 0 radical (unpaired) electrons. The van der Waals surface area contributed by atoms with Crippen LogP contribution in [0.15, 0.2) is 18.2 Å². The van der Waals surface area contributed by atoms with Gasteiger partial charge < -0.3 is 10.5 Å². The van der Waals surface area contributed by atoms with Gasteiger partial charge in [-0.2, -0.15) is 0 Å². The van der Waals surface area contributed by atoms with E-state index in [9.17, 15) is 4.79 Å². The molecule has 5 aliphatic rings. The van der Waals surface area contributed by atoms with Crippen molar-refractivity contribution in [3.8, 4) is 5.75 Å². The van der Waals surface area contributed by atoms with Crippen molar-refractivity contribution >= 4 is 5.91 Å². The maximum atomic E-state index is 11.6. The summed E-state index contributed by atoms with van der Waals surface area (Å²) < 4.78 is 6.46. The quantitative estimate of drug-likeness (QED) is 0.849. The zero-order valence-electron chi connectivity index (χ0n) is 15.0. The van der Waals surface area contributed by atoms with Gasteiger partial charge in [0.1, 0.15) is 5.75 Å². The summed E-state index contributed by atoms with van der Waals surface area (Å²) in [5, 5.41) is 0. The van der Waals surface area contributed by atoms with E-state index in [1.54, 1.807) is 0 Å². The average molecular weight is 339 g/mol. The number of carbonyl (C=O) groups excluding carboxylic acids is 1. The fourth-order valence-electron chi connectivity index (χ4n) is 6.57. The molecule has 1 aromatic carbocycles. The van der Waals surface area contributed by atoms with Crippen LogP contribution in [0.2, 0.25) is 0 Å². The number of nitrogens with two attached hydrogens (primary N) is 1. The highest BCUT2D eigenvalue weighted by atomic mass is 16.5. The third-order valence-corrected chi connectivity index (χ3v) is 7.54. The summed E-state index contributed by atoms with van der Waals surface area (Å²) in [6, 6.07) is 5.81. The van der Waals surface area contributed by atoms with E-state index < -0.39 is 0 Å².